The Morgan fingerprint density at radius 3 is 2.29 bits per heavy atom. The second-order valence-corrected chi connectivity index (χ2v) is 8.98. The molecular formula is C28H26N2O4. The highest BCUT2D eigenvalue weighted by atomic mass is 16.6. The van der Waals surface area contributed by atoms with Crippen molar-refractivity contribution in [3.05, 3.63) is 96.0 Å². The molecular weight excluding hydrogens is 428 g/mol. The van der Waals surface area contributed by atoms with E-state index >= 15 is 0 Å². The molecule has 6 heteroatoms. The van der Waals surface area contributed by atoms with Crippen molar-refractivity contribution in [2.45, 2.75) is 33.3 Å². The number of carbonyl (C=O) groups excluding carboxylic acids is 2. The molecule has 1 aromatic heterocycles. The lowest BCUT2D eigenvalue weighted by atomic mass is 10.0. The second kappa shape index (κ2) is 9.35. The molecule has 0 spiro atoms. The minimum Gasteiger partial charge on any atom is -0.456 e. The van der Waals surface area contributed by atoms with Gasteiger partial charge in [-0.25, -0.2) is 9.78 Å². The molecule has 3 aromatic carbocycles. The largest absolute Gasteiger partial charge is 0.456 e. The Labute approximate surface area is 198 Å². The van der Waals surface area contributed by atoms with Gasteiger partial charge in [-0.2, -0.15) is 0 Å². The Bertz CT molecular complexity index is 1320. The minimum absolute atomic E-state index is 0.284. The van der Waals surface area contributed by atoms with Crippen molar-refractivity contribution in [2.24, 2.45) is 0 Å². The Morgan fingerprint density at radius 2 is 1.62 bits per heavy atom. The maximum Gasteiger partial charge on any atom is 0.340 e. The fourth-order valence-electron chi connectivity index (χ4n) is 3.54. The molecule has 1 N–H and O–H groups in total. The van der Waals surface area contributed by atoms with Gasteiger partial charge in [0.2, 0.25) is 0 Å². The summed E-state index contributed by atoms with van der Waals surface area (Å²) in [5.74, 6) is -0.280. The van der Waals surface area contributed by atoms with Crippen LogP contribution in [0.2, 0.25) is 0 Å². The summed E-state index contributed by atoms with van der Waals surface area (Å²) in [5.41, 5.74) is 3.83. The topological polar surface area (TPSA) is 81.4 Å². The average molecular weight is 455 g/mol. The monoisotopic (exact) mass is 454 g/mol. The fourth-order valence-corrected chi connectivity index (χ4v) is 3.54. The van der Waals surface area contributed by atoms with Gasteiger partial charge in [0.1, 0.15) is 5.60 Å². The summed E-state index contributed by atoms with van der Waals surface area (Å²) in [6.45, 7) is 7.27. The van der Waals surface area contributed by atoms with Gasteiger partial charge in [0, 0.05) is 11.1 Å². The lowest BCUT2D eigenvalue weighted by Gasteiger charge is -2.21. The summed E-state index contributed by atoms with van der Waals surface area (Å²) in [7, 11) is 0. The van der Waals surface area contributed by atoms with E-state index in [0.717, 1.165) is 22.3 Å². The van der Waals surface area contributed by atoms with Crippen LogP contribution in [-0.4, -0.2) is 22.5 Å². The van der Waals surface area contributed by atoms with Crippen molar-refractivity contribution in [2.75, 3.05) is 5.32 Å². The minimum atomic E-state index is -0.668. The number of anilines is 1. The van der Waals surface area contributed by atoms with Gasteiger partial charge in [0.25, 0.3) is 5.91 Å². The molecule has 0 atom stereocenters. The van der Waals surface area contributed by atoms with Gasteiger partial charge < -0.3 is 14.5 Å². The van der Waals surface area contributed by atoms with E-state index in [2.05, 4.69) is 10.3 Å². The van der Waals surface area contributed by atoms with Crippen LogP contribution in [0, 0.1) is 6.92 Å². The number of amides is 1. The van der Waals surface area contributed by atoms with Crippen LogP contribution in [-0.2, 0) is 4.74 Å². The molecule has 0 unspecified atom stereocenters. The lowest BCUT2D eigenvalue weighted by Crippen LogP contribution is -2.25. The molecule has 0 saturated carbocycles. The zero-order valence-electron chi connectivity index (χ0n) is 19.6. The summed E-state index contributed by atoms with van der Waals surface area (Å²) in [6, 6.07) is 20.5. The van der Waals surface area contributed by atoms with Crippen molar-refractivity contribution < 1.29 is 18.7 Å². The molecule has 34 heavy (non-hydrogen) atoms. The van der Waals surface area contributed by atoms with E-state index in [-0.39, 0.29) is 11.5 Å². The number of oxazole rings is 1. The first-order valence-corrected chi connectivity index (χ1v) is 10.9. The van der Waals surface area contributed by atoms with E-state index in [0.29, 0.717) is 17.0 Å². The predicted molar refractivity (Wildman–Crippen MR) is 132 cm³/mol. The number of rotatable bonds is 5. The van der Waals surface area contributed by atoms with Gasteiger partial charge >= 0.3 is 5.97 Å². The van der Waals surface area contributed by atoms with E-state index in [9.17, 15) is 9.59 Å². The first kappa shape index (κ1) is 23.0. The fraction of sp³-hybridized carbons (Fsp3) is 0.179. The van der Waals surface area contributed by atoms with Crippen LogP contribution in [0.1, 0.15) is 47.1 Å². The van der Waals surface area contributed by atoms with Crippen molar-refractivity contribution in [3.8, 4) is 22.5 Å². The zero-order chi connectivity index (χ0) is 24.3. The van der Waals surface area contributed by atoms with E-state index < -0.39 is 11.6 Å². The second-order valence-electron chi connectivity index (χ2n) is 8.98. The molecule has 1 amide bonds. The van der Waals surface area contributed by atoms with Crippen LogP contribution < -0.4 is 5.32 Å². The van der Waals surface area contributed by atoms with E-state index in [1.165, 1.54) is 6.39 Å². The van der Waals surface area contributed by atoms with Gasteiger partial charge in [0.05, 0.1) is 17.4 Å². The third-order valence-electron chi connectivity index (χ3n) is 5.19. The van der Waals surface area contributed by atoms with Crippen molar-refractivity contribution >= 4 is 17.6 Å². The van der Waals surface area contributed by atoms with Gasteiger partial charge in [-0.1, -0.05) is 48.5 Å². The number of carbonyl (C=O) groups is 2. The molecule has 1 heterocycles. The summed E-state index contributed by atoms with van der Waals surface area (Å²) in [6.07, 6.45) is 2.94. The van der Waals surface area contributed by atoms with Crippen LogP contribution in [0.4, 0.5) is 5.69 Å². The SMILES string of the molecule is Cc1ccc(-c2cnco2)cc1C(=O)Nc1cc(-c2ccccc2)ccc1C(=O)OC(C)(C)C. The third-order valence-corrected chi connectivity index (χ3v) is 5.19. The Kier molecular flexibility index (Phi) is 6.32. The van der Waals surface area contributed by atoms with Gasteiger partial charge in [-0.3, -0.25) is 4.79 Å². The van der Waals surface area contributed by atoms with Crippen LogP contribution >= 0.6 is 0 Å². The molecule has 0 aliphatic carbocycles. The van der Waals surface area contributed by atoms with Gasteiger partial charge in [-0.05, 0) is 62.6 Å². The Morgan fingerprint density at radius 1 is 0.882 bits per heavy atom. The van der Waals surface area contributed by atoms with E-state index in [1.54, 1.807) is 45.2 Å². The number of nitrogens with zero attached hydrogens (tertiary/aromatic N) is 1. The van der Waals surface area contributed by atoms with Gasteiger partial charge in [-0.15, -0.1) is 0 Å². The quantitative estimate of drug-likeness (QED) is 0.347. The molecule has 172 valence electrons. The standard InChI is InChI=1S/C28H26N2O4/c1-18-10-11-21(25-16-29-17-33-25)14-23(18)26(31)30-24-15-20(19-8-6-5-7-9-19)12-13-22(24)27(32)34-28(2,3)4/h5-17H,1-4H3,(H,30,31). The Balaban J connectivity index is 1.72. The van der Waals surface area contributed by atoms with E-state index in [4.69, 9.17) is 9.15 Å². The number of ether oxygens (including phenoxy) is 1. The molecule has 4 aromatic rings. The molecule has 0 aliphatic rings. The zero-order valence-corrected chi connectivity index (χ0v) is 19.6. The molecule has 0 fully saturated rings. The number of nitrogens with one attached hydrogen (secondary N) is 1. The number of benzene rings is 3. The molecule has 4 rings (SSSR count). The van der Waals surface area contributed by atoms with Crippen LogP contribution in [0.5, 0.6) is 0 Å². The highest BCUT2D eigenvalue weighted by Gasteiger charge is 2.22. The van der Waals surface area contributed by atoms with Crippen LogP contribution in [0.25, 0.3) is 22.5 Å². The summed E-state index contributed by atoms with van der Waals surface area (Å²) in [4.78, 5) is 30.2. The van der Waals surface area contributed by atoms with Crippen molar-refractivity contribution in [1.82, 2.24) is 4.98 Å². The Hall–Kier alpha value is -4.19. The van der Waals surface area contributed by atoms with Gasteiger partial charge in [0.15, 0.2) is 12.2 Å². The number of esters is 1. The maximum absolute atomic E-state index is 13.4. The molecule has 0 saturated heterocycles. The number of aromatic nitrogens is 1. The van der Waals surface area contributed by atoms with Crippen molar-refractivity contribution in [1.29, 1.82) is 0 Å². The smallest absolute Gasteiger partial charge is 0.340 e. The average Bonchev–Trinajstić information content (AvgIpc) is 3.33. The van der Waals surface area contributed by atoms with Crippen LogP contribution in [0.3, 0.4) is 0 Å². The molecule has 6 nitrogen and oxygen atoms in total. The van der Waals surface area contributed by atoms with Crippen LogP contribution in [0.15, 0.2) is 83.7 Å². The first-order valence-electron chi connectivity index (χ1n) is 10.9. The third kappa shape index (κ3) is 5.23. The highest BCUT2D eigenvalue weighted by molar-refractivity contribution is 6.09. The summed E-state index contributed by atoms with van der Waals surface area (Å²) < 4.78 is 10.9. The normalized spacial score (nSPS) is 11.2. The number of hydrogen-bond donors (Lipinski definition) is 1. The molecule has 0 aliphatic heterocycles. The lowest BCUT2D eigenvalue weighted by molar-refractivity contribution is 0.00708. The predicted octanol–water partition coefficient (Wildman–Crippen LogP) is 6.52. The molecule has 0 bridgehead atoms. The summed E-state index contributed by atoms with van der Waals surface area (Å²) >= 11 is 0. The number of hydrogen-bond acceptors (Lipinski definition) is 5. The number of aryl methyl sites for hydroxylation is 1. The highest BCUT2D eigenvalue weighted by Crippen LogP contribution is 2.29. The maximum atomic E-state index is 13.4. The molecule has 0 radical (unpaired) electrons. The van der Waals surface area contributed by atoms with Crippen molar-refractivity contribution in [3.63, 3.8) is 0 Å². The first-order chi connectivity index (χ1) is 16.2. The van der Waals surface area contributed by atoms with E-state index in [1.807, 2.05) is 55.5 Å². The summed E-state index contributed by atoms with van der Waals surface area (Å²) in [5, 5.41) is 2.93.